The molecule has 0 radical (unpaired) electrons. The summed E-state index contributed by atoms with van der Waals surface area (Å²) in [5.74, 6) is -1.56. The number of benzene rings is 2. The largest absolute Gasteiger partial charge is 0.457 e. The highest BCUT2D eigenvalue weighted by molar-refractivity contribution is 7.89. The maximum Gasteiger partial charge on any atom is 0.267 e. The molecule has 0 unspecified atom stereocenters. The summed E-state index contributed by atoms with van der Waals surface area (Å²) in [6.45, 7) is 0. The zero-order chi connectivity index (χ0) is 17.2. The summed E-state index contributed by atoms with van der Waals surface area (Å²) in [6.07, 6.45) is 0.796. The lowest BCUT2D eigenvalue weighted by Crippen LogP contribution is -2.29. The molecule has 0 aliphatic carbocycles. The molecule has 0 heterocycles. The molecule has 2 aromatic rings. The molecule has 0 saturated carbocycles. The van der Waals surface area contributed by atoms with Crippen molar-refractivity contribution in [3.05, 3.63) is 57.8 Å². The summed E-state index contributed by atoms with van der Waals surface area (Å²) in [4.78, 5) is 11.6. The van der Waals surface area contributed by atoms with E-state index in [-0.39, 0.29) is 10.8 Å². The molecule has 5 nitrogen and oxygen atoms in total. The Balaban J connectivity index is 2.22. The Morgan fingerprint density at radius 1 is 1.09 bits per heavy atom. The summed E-state index contributed by atoms with van der Waals surface area (Å²) in [6, 6.07) is 7.90. The Morgan fingerprint density at radius 3 is 2.26 bits per heavy atom. The maximum absolute atomic E-state index is 13.9. The van der Waals surface area contributed by atoms with Crippen LogP contribution >= 0.6 is 23.2 Å². The van der Waals surface area contributed by atoms with Crippen LogP contribution in [-0.4, -0.2) is 20.6 Å². The van der Waals surface area contributed by atoms with Crippen LogP contribution < -0.4 is 9.46 Å². The van der Waals surface area contributed by atoms with Gasteiger partial charge in [0.25, 0.3) is 5.91 Å². The van der Waals surface area contributed by atoms with Crippen LogP contribution in [0, 0.1) is 5.82 Å². The minimum atomic E-state index is -3.78. The first-order chi connectivity index (χ1) is 10.7. The van der Waals surface area contributed by atoms with Crippen LogP contribution in [0.1, 0.15) is 10.4 Å². The molecule has 2 rings (SSSR count). The molecule has 0 aromatic heterocycles. The summed E-state index contributed by atoms with van der Waals surface area (Å²) < 4.78 is 43.0. The fourth-order valence-electron chi connectivity index (χ4n) is 1.64. The number of hydrogen-bond donors (Lipinski definition) is 1. The average Bonchev–Trinajstić information content (AvgIpc) is 2.41. The molecule has 2 aromatic carbocycles. The van der Waals surface area contributed by atoms with Crippen molar-refractivity contribution >= 4 is 39.1 Å². The van der Waals surface area contributed by atoms with Crippen molar-refractivity contribution in [1.82, 2.24) is 4.72 Å². The second-order valence-electron chi connectivity index (χ2n) is 4.52. The van der Waals surface area contributed by atoms with Gasteiger partial charge in [0.2, 0.25) is 10.0 Å². The van der Waals surface area contributed by atoms with Crippen LogP contribution in [0.5, 0.6) is 11.5 Å². The SMILES string of the molecule is CS(=O)(=O)NC(=O)c1ccc(Oc2ccc(Cl)c(Cl)c2)cc1F. The van der Waals surface area contributed by atoms with Crippen molar-refractivity contribution in [2.75, 3.05) is 6.26 Å². The summed E-state index contributed by atoms with van der Waals surface area (Å²) in [5, 5.41) is 0.617. The fourth-order valence-corrected chi connectivity index (χ4v) is 2.38. The normalized spacial score (nSPS) is 11.1. The van der Waals surface area contributed by atoms with Crippen molar-refractivity contribution in [3.63, 3.8) is 0 Å². The van der Waals surface area contributed by atoms with Crippen LogP contribution in [0.3, 0.4) is 0 Å². The smallest absolute Gasteiger partial charge is 0.267 e. The van der Waals surface area contributed by atoms with Gasteiger partial charge in [0.05, 0.1) is 21.9 Å². The Labute approximate surface area is 142 Å². The van der Waals surface area contributed by atoms with Crippen molar-refractivity contribution < 1.29 is 22.3 Å². The number of sulfonamides is 1. The van der Waals surface area contributed by atoms with Gasteiger partial charge in [-0.2, -0.15) is 0 Å². The summed E-state index contributed by atoms with van der Waals surface area (Å²) in [5.41, 5.74) is -0.420. The van der Waals surface area contributed by atoms with Gasteiger partial charge in [0.15, 0.2) is 0 Å². The molecule has 1 amide bonds. The van der Waals surface area contributed by atoms with Crippen LogP contribution in [0.2, 0.25) is 10.0 Å². The average molecular weight is 378 g/mol. The Hall–Kier alpha value is -1.83. The van der Waals surface area contributed by atoms with Crippen molar-refractivity contribution in [2.24, 2.45) is 0 Å². The van der Waals surface area contributed by atoms with Crippen molar-refractivity contribution in [2.45, 2.75) is 0 Å². The van der Waals surface area contributed by atoms with Gasteiger partial charge >= 0.3 is 0 Å². The van der Waals surface area contributed by atoms with E-state index in [4.69, 9.17) is 27.9 Å². The fraction of sp³-hybridized carbons (Fsp3) is 0.0714. The number of amides is 1. The number of rotatable bonds is 4. The number of nitrogens with one attached hydrogen (secondary N) is 1. The first-order valence-corrected chi connectivity index (χ1v) is 8.75. The first-order valence-electron chi connectivity index (χ1n) is 6.10. The van der Waals surface area contributed by atoms with Crippen LogP contribution in [0.4, 0.5) is 4.39 Å². The van der Waals surface area contributed by atoms with Gasteiger partial charge in [-0.05, 0) is 24.3 Å². The standard InChI is InChI=1S/C14H10Cl2FNO4S/c1-23(20,21)18-14(19)10-4-2-9(7-13(10)17)22-8-3-5-11(15)12(16)6-8/h2-7H,1H3,(H,18,19). The van der Waals surface area contributed by atoms with E-state index in [0.717, 1.165) is 18.4 Å². The Bertz CT molecular complexity index is 871. The van der Waals surface area contributed by atoms with E-state index in [2.05, 4.69) is 0 Å². The van der Waals surface area contributed by atoms with E-state index in [9.17, 15) is 17.6 Å². The van der Waals surface area contributed by atoms with Gasteiger partial charge in [-0.3, -0.25) is 4.79 Å². The molecule has 23 heavy (non-hydrogen) atoms. The molecule has 0 aliphatic rings. The Kier molecular flexibility index (Phi) is 5.13. The highest BCUT2D eigenvalue weighted by atomic mass is 35.5. The minimum absolute atomic E-state index is 0.108. The van der Waals surface area contributed by atoms with E-state index in [1.165, 1.54) is 24.3 Å². The third-order valence-corrected chi connectivity index (χ3v) is 3.89. The molecule has 0 fully saturated rings. The van der Waals surface area contributed by atoms with E-state index in [1.807, 2.05) is 0 Å². The first kappa shape index (κ1) is 17.5. The van der Waals surface area contributed by atoms with Crippen molar-refractivity contribution in [1.29, 1.82) is 0 Å². The molecular formula is C14H10Cl2FNO4S. The van der Waals surface area contributed by atoms with Gasteiger partial charge in [0, 0.05) is 12.1 Å². The number of halogens is 3. The molecule has 122 valence electrons. The van der Waals surface area contributed by atoms with E-state index >= 15 is 0 Å². The maximum atomic E-state index is 13.9. The quantitative estimate of drug-likeness (QED) is 0.882. The predicted octanol–water partition coefficient (Wildman–Crippen LogP) is 3.61. The molecule has 9 heteroatoms. The lowest BCUT2D eigenvalue weighted by atomic mass is 10.2. The molecule has 0 bridgehead atoms. The van der Waals surface area contributed by atoms with Gasteiger partial charge in [-0.1, -0.05) is 23.2 Å². The van der Waals surface area contributed by atoms with Gasteiger partial charge in [-0.15, -0.1) is 0 Å². The number of carbonyl (C=O) groups is 1. The summed E-state index contributed by atoms with van der Waals surface area (Å²) in [7, 11) is -3.78. The third kappa shape index (κ3) is 4.82. The second-order valence-corrected chi connectivity index (χ2v) is 7.09. The number of carbonyl (C=O) groups excluding carboxylic acids is 1. The van der Waals surface area contributed by atoms with Gasteiger partial charge < -0.3 is 4.74 Å². The third-order valence-electron chi connectivity index (χ3n) is 2.59. The number of ether oxygens (including phenoxy) is 1. The van der Waals surface area contributed by atoms with Crippen LogP contribution in [-0.2, 0) is 10.0 Å². The zero-order valence-electron chi connectivity index (χ0n) is 11.6. The van der Waals surface area contributed by atoms with Crippen molar-refractivity contribution in [3.8, 4) is 11.5 Å². The molecular weight excluding hydrogens is 368 g/mol. The molecule has 1 N–H and O–H groups in total. The van der Waals surface area contributed by atoms with Gasteiger partial charge in [0.1, 0.15) is 17.3 Å². The minimum Gasteiger partial charge on any atom is -0.457 e. The monoisotopic (exact) mass is 377 g/mol. The lowest BCUT2D eigenvalue weighted by molar-refractivity contribution is 0.0978. The highest BCUT2D eigenvalue weighted by Gasteiger charge is 2.16. The summed E-state index contributed by atoms with van der Waals surface area (Å²) >= 11 is 11.6. The lowest BCUT2D eigenvalue weighted by Gasteiger charge is -2.09. The highest BCUT2D eigenvalue weighted by Crippen LogP contribution is 2.30. The van der Waals surface area contributed by atoms with E-state index in [0.29, 0.717) is 10.8 Å². The molecule has 0 atom stereocenters. The predicted molar refractivity (Wildman–Crippen MR) is 85.2 cm³/mol. The van der Waals surface area contributed by atoms with Gasteiger partial charge in [-0.25, -0.2) is 17.5 Å². The van der Waals surface area contributed by atoms with E-state index < -0.39 is 27.3 Å². The second kappa shape index (κ2) is 6.74. The zero-order valence-corrected chi connectivity index (χ0v) is 14.0. The molecule has 0 spiro atoms. The van der Waals surface area contributed by atoms with E-state index in [1.54, 1.807) is 4.72 Å². The topological polar surface area (TPSA) is 72.5 Å². The molecule has 0 aliphatic heterocycles. The van der Waals surface area contributed by atoms with Crippen LogP contribution in [0.25, 0.3) is 0 Å². The Morgan fingerprint density at radius 2 is 1.70 bits per heavy atom. The number of hydrogen-bond acceptors (Lipinski definition) is 4. The molecule has 0 saturated heterocycles. The van der Waals surface area contributed by atoms with Crippen LogP contribution in [0.15, 0.2) is 36.4 Å².